The van der Waals surface area contributed by atoms with Gasteiger partial charge >= 0.3 is 0 Å². The fourth-order valence-corrected chi connectivity index (χ4v) is 3.46. The second-order valence-corrected chi connectivity index (χ2v) is 6.51. The van der Waals surface area contributed by atoms with Gasteiger partial charge in [0, 0.05) is 36.8 Å². The van der Waals surface area contributed by atoms with E-state index in [1.807, 2.05) is 29.4 Å². The molecule has 128 valence electrons. The van der Waals surface area contributed by atoms with E-state index < -0.39 is 0 Å². The summed E-state index contributed by atoms with van der Waals surface area (Å²) >= 11 is 0. The van der Waals surface area contributed by atoms with E-state index >= 15 is 0 Å². The number of aromatic nitrogens is 1. The first kappa shape index (κ1) is 16.7. The molecule has 1 fully saturated rings. The van der Waals surface area contributed by atoms with Gasteiger partial charge in [-0.3, -0.25) is 4.79 Å². The predicted octanol–water partition coefficient (Wildman–Crippen LogP) is 3.08. The lowest BCUT2D eigenvalue weighted by molar-refractivity contribution is 0.0650. The molecule has 1 aliphatic heterocycles. The first-order valence-electron chi connectivity index (χ1n) is 8.36. The van der Waals surface area contributed by atoms with E-state index in [2.05, 4.69) is 0 Å². The first-order valence-corrected chi connectivity index (χ1v) is 8.36. The second kappa shape index (κ2) is 6.77. The normalized spacial score (nSPS) is 15.8. The minimum atomic E-state index is -0.274. The van der Waals surface area contributed by atoms with Gasteiger partial charge in [0.2, 0.25) is 0 Å². The number of carbonyl (C=O) groups is 1. The number of hydrogen-bond donors (Lipinski definition) is 1. The Labute approximate surface area is 141 Å². The molecule has 24 heavy (non-hydrogen) atoms. The molecular weight excluding hydrogens is 307 g/mol. The smallest absolute Gasteiger partial charge is 0.255 e. The summed E-state index contributed by atoms with van der Waals surface area (Å²) < 4.78 is 15.1. The van der Waals surface area contributed by atoms with Crippen molar-refractivity contribution in [3.05, 3.63) is 53.1 Å². The number of rotatable bonds is 3. The topological polar surface area (TPSA) is 45.5 Å². The minimum absolute atomic E-state index is 0.0350. The molecule has 0 atom stereocenters. The number of piperidine rings is 1. The third kappa shape index (κ3) is 3.08. The maximum Gasteiger partial charge on any atom is 0.255 e. The van der Waals surface area contributed by atoms with Crippen molar-refractivity contribution in [1.82, 2.24) is 9.47 Å². The van der Waals surface area contributed by atoms with Gasteiger partial charge in [-0.2, -0.15) is 0 Å². The van der Waals surface area contributed by atoms with E-state index in [1.165, 1.54) is 12.1 Å². The maximum absolute atomic E-state index is 13.2. The van der Waals surface area contributed by atoms with E-state index in [0.717, 1.165) is 29.9 Å². The van der Waals surface area contributed by atoms with Crippen molar-refractivity contribution in [3.8, 4) is 5.69 Å². The highest BCUT2D eigenvalue weighted by Gasteiger charge is 2.26. The summed E-state index contributed by atoms with van der Waals surface area (Å²) in [6, 6.07) is 8.19. The Balaban J connectivity index is 1.86. The number of likely N-dealkylation sites (tertiary alicyclic amines) is 1. The number of aliphatic hydroxyl groups excluding tert-OH is 1. The molecule has 0 saturated carbocycles. The van der Waals surface area contributed by atoms with Crippen LogP contribution in [0.15, 0.2) is 30.3 Å². The van der Waals surface area contributed by atoms with Crippen LogP contribution >= 0.6 is 0 Å². The number of carbonyl (C=O) groups excluding carboxylic acids is 1. The third-order valence-electron chi connectivity index (χ3n) is 4.91. The van der Waals surface area contributed by atoms with Crippen LogP contribution in [0, 0.1) is 25.6 Å². The Kier molecular flexibility index (Phi) is 4.71. The van der Waals surface area contributed by atoms with E-state index in [1.54, 1.807) is 12.1 Å². The van der Waals surface area contributed by atoms with Gasteiger partial charge in [-0.25, -0.2) is 4.39 Å². The molecule has 3 rings (SSSR count). The molecule has 1 saturated heterocycles. The summed E-state index contributed by atoms with van der Waals surface area (Å²) in [6.07, 6.45) is 1.69. The van der Waals surface area contributed by atoms with Gasteiger partial charge in [0.25, 0.3) is 5.91 Å². The molecule has 1 amide bonds. The molecule has 0 radical (unpaired) electrons. The molecule has 1 N–H and O–H groups in total. The SMILES string of the molecule is Cc1cc(C(=O)N2CCC(CO)CC2)c(C)n1-c1ccc(F)cc1. The molecule has 2 heterocycles. The van der Waals surface area contributed by atoms with Crippen LogP contribution in [0.1, 0.15) is 34.6 Å². The van der Waals surface area contributed by atoms with Gasteiger partial charge in [0.1, 0.15) is 5.82 Å². The number of amides is 1. The average molecular weight is 330 g/mol. The lowest BCUT2D eigenvalue weighted by Crippen LogP contribution is -2.39. The van der Waals surface area contributed by atoms with Gasteiger partial charge < -0.3 is 14.6 Å². The molecule has 2 aromatic rings. The van der Waals surface area contributed by atoms with Crippen molar-refractivity contribution in [2.45, 2.75) is 26.7 Å². The van der Waals surface area contributed by atoms with Crippen LogP contribution in [0.25, 0.3) is 5.69 Å². The maximum atomic E-state index is 13.2. The quantitative estimate of drug-likeness (QED) is 0.940. The number of benzene rings is 1. The predicted molar refractivity (Wildman–Crippen MR) is 90.9 cm³/mol. The van der Waals surface area contributed by atoms with Gasteiger partial charge in [0.05, 0.1) is 5.56 Å². The summed E-state index contributed by atoms with van der Waals surface area (Å²) in [7, 11) is 0. The summed E-state index contributed by atoms with van der Waals surface area (Å²) in [4.78, 5) is 14.7. The summed E-state index contributed by atoms with van der Waals surface area (Å²) in [5.41, 5.74) is 3.37. The van der Waals surface area contributed by atoms with Crippen molar-refractivity contribution in [1.29, 1.82) is 0 Å². The molecule has 0 aliphatic carbocycles. The monoisotopic (exact) mass is 330 g/mol. The largest absolute Gasteiger partial charge is 0.396 e. The van der Waals surface area contributed by atoms with Gasteiger partial charge in [-0.05, 0) is 62.9 Å². The van der Waals surface area contributed by atoms with Crippen molar-refractivity contribution in [3.63, 3.8) is 0 Å². The summed E-state index contributed by atoms with van der Waals surface area (Å²) in [5, 5.41) is 9.23. The van der Waals surface area contributed by atoms with E-state index in [0.29, 0.717) is 24.6 Å². The first-order chi connectivity index (χ1) is 11.5. The highest BCUT2D eigenvalue weighted by Crippen LogP contribution is 2.24. The standard InChI is InChI=1S/C19H23FN2O2/c1-13-11-18(19(24)21-9-7-15(12-23)8-10-21)14(2)22(13)17-5-3-16(20)4-6-17/h3-6,11,15,23H,7-10,12H2,1-2H3. The third-order valence-corrected chi connectivity index (χ3v) is 4.91. The number of halogens is 1. The minimum Gasteiger partial charge on any atom is -0.396 e. The van der Waals surface area contributed by atoms with Crippen LogP contribution in [0.2, 0.25) is 0 Å². The van der Waals surface area contributed by atoms with E-state index in [9.17, 15) is 14.3 Å². The highest BCUT2D eigenvalue weighted by molar-refractivity contribution is 5.96. The number of aliphatic hydroxyl groups is 1. The van der Waals surface area contributed by atoms with E-state index in [-0.39, 0.29) is 18.3 Å². The second-order valence-electron chi connectivity index (χ2n) is 6.51. The van der Waals surface area contributed by atoms with Gasteiger partial charge in [0.15, 0.2) is 0 Å². The molecule has 4 nitrogen and oxygen atoms in total. The van der Waals surface area contributed by atoms with Crippen LogP contribution in [0.3, 0.4) is 0 Å². The highest BCUT2D eigenvalue weighted by atomic mass is 19.1. The number of aryl methyl sites for hydroxylation is 1. The Hall–Kier alpha value is -2.14. The van der Waals surface area contributed by atoms with E-state index in [4.69, 9.17) is 0 Å². The van der Waals surface area contributed by atoms with Crippen LogP contribution in [-0.4, -0.2) is 40.2 Å². The van der Waals surface area contributed by atoms with Crippen molar-refractivity contribution < 1.29 is 14.3 Å². The van der Waals surface area contributed by atoms with Gasteiger partial charge in [-0.15, -0.1) is 0 Å². The molecule has 1 aromatic carbocycles. The zero-order valence-electron chi connectivity index (χ0n) is 14.1. The fourth-order valence-electron chi connectivity index (χ4n) is 3.46. The summed E-state index contributed by atoms with van der Waals surface area (Å²) in [6.45, 7) is 5.44. The molecular formula is C19H23FN2O2. The molecule has 0 unspecified atom stereocenters. The molecule has 1 aliphatic rings. The molecule has 1 aromatic heterocycles. The lowest BCUT2D eigenvalue weighted by atomic mass is 9.97. The number of hydrogen-bond acceptors (Lipinski definition) is 2. The molecule has 0 spiro atoms. The zero-order chi connectivity index (χ0) is 17.3. The Morgan fingerprint density at radius 1 is 1.21 bits per heavy atom. The Bertz CT molecular complexity index is 729. The number of nitrogens with zero attached hydrogens (tertiary/aromatic N) is 2. The van der Waals surface area contributed by atoms with Crippen LogP contribution in [0.5, 0.6) is 0 Å². The van der Waals surface area contributed by atoms with Crippen LogP contribution in [0.4, 0.5) is 4.39 Å². The zero-order valence-corrected chi connectivity index (χ0v) is 14.1. The Morgan fingerprint density at radius 3 is 2.42 bits per heavy atom. The Morgan fingerprint density at radius 2 is 1.83 bits per heavy atom. The summed E-state index contributed by atoms with van der Waals surface area (Å²) in [5.74, 6) is 0.0674. The van der Waals surface area contributed by atoms with Crippen LogP contribution < -0.4 is 0 Å². The molecule has 0 bridgehead atoms. The van der Waals surface area contributed by atoms with Crippen LogP contribution in [-0.2, 0) is 0 Å². The lowest BCUT2D eigenvalue weighted by Gasteiger charge is -2.31. The molecule has 5 heteroatoms. The van der Waals surface area contributed by atoms with Gasteiger partial charge in [-0.1, -0.05) is 0 Å². The average Bonchev–Trinajstić information content (AvgIpc) is 2.90. The van der Waals surface area contributed by atoms with Crippen molar-refractivity contribution in [2.75, 3.05) is 19.7 Å². The fraction of sp³-hybridized carbons (Fsp3) is 0.421. The van der Waals surface area contributed by atoms with Crippen molar-refractivity contribution >= 4 is 5.91 Å². The van der Waals surface area contributed by atoms with Crippen molar-refractivity contribution in [2.24, 2.45) is 5.92 Å².